The molecule has 21 heavy (non-hydrogen) atoms. The van der Waals surface area contributed by atoms with Crippen LogP contribution in [-0.4, -0.2) is 36.0 Å². The van der Waals surface area contributed by atoms with Gasteiger partial charge >= 0.3 is 0 Å². The summed E-state index contributed by atoms with van der Waals surface area (Å²) in [6.45, 7) is 5.62. The molecule has 1 amide bonds. The SMILES string of the molecule is CCCNc1nc(C2CC2)nc(NCCC(=O)NC)c1C. The zero-order valence-electron chi connectivity index (χ0n) is 13.1. The van der Waals surface area contributed by atoms with Gasteiger partial charge in [0.15, 0.2) is 0 Å². The molecule has 1 fully saturated rings. The molecule has 0 unspecified atom stereocenters. The Bertz CT molecular complexity index is 499. The van der Waals surface area contributed by atoms with Crippen molar-refractivity contribution < 1.29 is 4.79 Å². The van der Waals surface area contributed by atoms with Crippen LogP contribution in [0.3, 0.4) is 0 Å². The molecule has 1 aliphatic carbocycles. The molecule has 6 nitrogen and oxygen atoms in total. The number of amides is 1. The number of hydrogen-bond donors (Lipinski definition) is 3. The Kier molecular flexibility index (Phi) is 5.36. The first-order chi connectivity index (χ1) is 10.2. The van der Waals surface area contributed by atoms with E-state index in [1.165, 1.54) is 12.8 Å². The number of anilines is 2. The third-order valence-electron chi connectivity index (χ3n) is 3.57. The Balaban J connectivity index is 2.09. The first-order valence-corrected chi connectivity index (χ1v) is 7.72. The van der Waals surface area contributed by atoms with Crippen LogP contribution in [-0.2, 0) is 4.79 Å². The molecular formula is C15H25N5O. The summed E-state index contributed by atoms with van der Waals surface area (Å²) in [5, 5.41) is 9.25. The normalized spacial score (nSPS) is 13.9. The molecule has 0 spiro atoms. The van der Waals surface area contributed by atoms with Gasteiger partial charge in [0.1, 0.15) is 17.5 Å². The summed E-state index contributed by atoms with van der Waals surface area (Å²) in [6, 6.07) is 0. The van der Waals surface area contributed by atoms with E-state index in [0.29, 0.717) is 18.9 Å². The van der Waals surface area contributed by atoms with Crippen molar-refractivity contribution in [2.75, 3.05) is 30.8 Å². The van der Waals surface area contributed by atoms with Crippen molar-refractivity contribution in [1.29, 1.82) is 0 Å². The first kappa shape index (κ1) is 15.5. The summed E-state index contributed by atoms with van der Waals surface area (Å²) in [4.78, 5) is 20.6. The van der Waals surface area contributed by atoms with E-state index in [9.17, 15) is 4.79 Å². The molecule has 0 bridgehead atoms. The van der Waals surface area contributed by atoms with Gasteiger partial charge in [0.2, 0.25) is 5.91 Å². The zero-order chi connectivity index (χ0) is 15.2. The van der Waals surface area contributed by atoms with E-state index < -0.39 is 0 Å². The lowest BCUT2D eigenvalue weighted by atomic mass is 10.2. The number of aromatic nitrogens is 2. The summed E-state index contributed by atoms with van der Waals surface area (Å²) in [7, 11) is 1.65. The third-order valence-corrected chi connectivity index (χ3v) is 3.57. The third kappa shape index (κ3) is 4.31. The van der Waals surface area contributed by atoms with Gasteiger partial charge in [0.25, 0.3) is 0 Å². The van der Waals surface area contributed by atoms with Crippen LogP contribution in [0.2, 0.25) is 0 Å². The lowest BCUT2D eigenvalue weighted by Crippen LogP contribution is -2.21. The van der Waals surface area contributed by atoms with E-state index in [4.69, 9.17) is 0 Å². The lowest BCUT2D eigenvalue weighted by molar-refractivity contribution is -0.120. The van der Waals surface area contributed by atoms with E-state index in [0.717, 1.165) is 36.0 Å². The van der Waals surface area contributed by atoms with Crippen LogP contribution in [0.25, 0.3) is 0 Å². The number of rotatable bonds is 8. The van der Waals surface area contributed by atoms with Crippen molar-refractivity contribution in [3.63, 3.8) is 0 Å². The second kappa shape index (κ2) is 7.24. The molecular weight excluding hydrogens is 266 g/mol. The van der Waals surface area contributed by atoms with Gasteiger partial charge in [-0.25, -0.2) is 9.97 Å². The molecule has 3 N–H and O–H groups in total. The monoisotopic (exact) mass is 291 g/mol. The van der Waals surface area contributed by atoms with Gasteiger partial charge in [-0.05, 0) is 26.2 Å². The number of nitrogens with zero attached hydrogens (tertiary/aromatic N) is 2. The van der Waals surface area contributed by atoms with Crippen LogP contribution in [0.5, 0.6) is 0 Å². The Morgan fingerprint density at radius 3 is 2.33 bits per heavy atom. The van der Waals surface area contributed by atoms with Gasteiger partial charge < -0.3 is 16.0 Å². The molecule has 116 valence electrons. The van der Waals surface area contributed by atoms with Gasteiger partial charge in [0, 0.05) is 38.0 Å². The average molecular weight is 291 g/mol. The Morgan fingerprint density at radius 1 is 1.19 bits per heavy atom. The van der Waals surface area contributed by atoms with Gasteiger partial charge in [0.05, 0.1) is 0 Å². The highest BCUT2D eigenvalue weighted by molar-refractivity contribution is 5.76. The van der Waals surface area contributed by atoms with E-state index in [2.05, 4.69) is 32.8 Å². The topological polar surface area (TPSA) is 78.9 Å². The number of hydrogen-bond acceptors (Lipinski definition) is 5. The van der Waals surface area contributed by atoms with Gasteiger partial charge in [-0.1, -0.05) is 6.92 Å². The highest BCUT2D eigenvalue weighted by Gasteiger charge is 2.28. The fourth-order valence-corrected chi connectivity index (χ4v) is 2.07. The van der Waals surface area contributed by atoms with Crippen LogP contribution >= 0.6 is 0 Å². The molecule has 1 aromatic heterocycles. The highest BCUT2D eigenvalue weighted by atomic mass is 16.1. The molecule has 1 saturated carbocycles. The maximum Gasteiger partial charge on any atom is 0.221 e. The van der Waals surface area contributed by atoms with Crippen molar-refractivity contribution in [3.8, 4) is 0 Å². The largest absolute Gasteiger partial charge is 0.370 e. The fourth-order valence-electron chi connectivity index (χ4n) is 2.07. The van der Waals surface area contributed by atoms with Crippen molar-refractivity contribution >= 4 is 17.5 Å². The second-order valence-electron chi connectivity index (χ2n) is 5.46. The number of carbonyl (C=O) groups excluding carboxylic acids is 1. The number of nitrogens with one attached hydrogen (secondary N) is 3. The van der Waals surface area contributed by atoms with Crippen LogP contribution in [0.4, 0.5) is 11.6 Å². The predicted octanol–water partition coefficient (Wildman–Crippen LogP) is 2.03. The van der Waals surface area contributed by atoms with Gasteiger partial charge in [-0.3, -0.25) is 4.79 Å². The molecule has 1 heterocycles. The Labute approximate surface area is 126 Å². The predicted molar refractivity (Wildman–Crippen MR) is 84.7 cm³/mol. The fraction of sp³-hybridized carbons (Fsp3) is 0.667. The van der Waals surface area contributed by atoms with Crippen molar-refractivity contribution in [3.05, 3.63) is 11.4 Å². The second-order valence-corrected chi connectivity index (χ2v) is 5.46. The zero-order valence-corrected chi connectivity index (χ0v) is 13.1. The minimum atomic E-state index is 0.0287. The van der Waals surface area contributed by atoms with Gasteiger partial charge in [-0.15, -0.1) is 0 Å². The van der Waals surface area contributed by atoms with Crippen molar-refractivity contribution in [2.24, 2.45) is 0 Å². The van der Waals surface area contributed by atoms with Crippen LogP contribution in [0, 0.1) is 6.92 Å². The molecule has 1 aromatic rings. The highest BCUT2D eigenvalue weighted by Crippen LogP contribution is 2.39. The smallest absolute Gasteiger partial charge is 0.221 e. The maximum atomic E-state index is 11.3. The average Bonchev–Trinajstić information content (AvgIpc) is 3.32. The van der Waals surface area contributed by atoms with E-state index in [-0.39, 0.29) is 5.91 Å². The first-order valence-electron chi connectivity index (χ1n) is 7.72. The number of carbonyl (C=O) groups is 1. The minimum Gasteiger partial charge on any atom is -0.370 e. The van der Waals surface area contributed by atoms with Gasteiger partial charge in [-0.2, -0.15) is 0 Å². The standard InChI is InChI=1S/C15H25N5O/c1-4-8-17-13-10(2)14(18-9-7-12(21)16-3)20-15(19-13)11-5-6-11/h11H,4-9H2,1-3H3,(H,16,21)(H2,17,18,19,20). The molecule has 0 aliphatic heterocycles. The summed E-state index contributed by atoms with van der Waals surface area (Å²) in [6.07, 6.45) is 3.85. The summed E-state index contributed by atoms with van der Waals surface area (Å²) < 4.78 is 0. The van der Waals surface area contributed by atoms with E-state index >= 15 is 0 Å². The van der Waals surface area contributed by atoms with E-state index in [1.54, 1.807) is 7.05 Å². The van der Waals surface area contributed by atoms with Crippen molar-refractivity contribution in [2.45, 2.75) is 45.4 Å². The van der Waals surface area contributed by atoms with Crippen LogP contribution in [0.15, 0.2) is 0 Å². The molecule has 2 rings (SSSR count). The summed E-state index contributed by atoms with van der Waals surface area (Å²) in [5.41, 5.74) is 1.02. The minimum absolute atomic E-state index is 0.0287. The molecule has 0 radical (unpaired) electrons. The molecule has 0 aromatic carbocycles. The molecule has 6 heteroatoms. The lowest BCUT2D eigenvalue weighted by Gasteiger charge is -2.14. The summed E-state index contributed by atoms with van der Waals surface area (Å²) >= 11 is 0. The Hall–Kier alpha value is -1.85. The summed E-state index contributed by atoms with van der Waals surface area (Å²) in [5.74, 6) is 3.21. The van der Waals surface area contributed by atoms with Crippen LogP contribution in [0.1, 0.15) is 49.9 Å². The molecule has 1 aliphatic rings. The maximum absolute atomic E-state index is 11.3. The quantitative estimate of drug-likeness (QED) is 0.683. The van der Waals surface area contributed by atoms with Crippen molar-refractivity contribution in [1.82, 2.24) is 15.3 Å². The molecule has 0 atom stereocenters. The van der Waals surface area contributed by atoms with Crippen LogP contribution < -0.4 is 16.0 Å². The Morgan fingerprint density at radius 2 is 1.81 bits per heavy atom. The molecule has 0 saturated heterocycles. The van der Waals surface area contributed by atoms with E-state index in [1.807, 2.05) is 6.92 Å².